The fourth-order valence-electron chi connectivity index (χ4n) is 1.66. The van der Waals surface area contributed by atoms with E-state index in [1.165, 1.54) is 15.2 Å². The van der Waals surface area contributed by atoms with E-state index >= 15 is 0 Å². The first-order chi connectivity index (χ1) is 8.84. The highest BCUT2D eigenvalue weighted by Gasteiger charge is 2.22. The Kier molecular flexibility index (Phi) is 3.46. The van der Waals surface area contributed by atoms with Crippen LogP contribution in [0.5, 0.6) is 0 Å². The number of pyridine rings is 1. The molecule has 2 rings (SSSR count). The van der Waals surface area contributed by atoms with Crippen LogP contribution in [0.1, 0.15) is 6.92 Å². The third kappa shape index (κ3) is 2.54. The van der Waals surface area contributed by atoms with Crippen LogP contribution < -0.4 is 5.56 Å². The van der Waals surface area contributed by atoms with Crippen LogP contribution >= 0.6 is 10.7 Å². The van der Waals surface area contributed by atoms with Crippen LogP contribution in [-0.2, 0) is 22.6 Å². The van der Waals surface area contributed by atoms with E-state index in [0.29, 0.717) is 17.9 Å². The zero-order valence-corrected chi connectivity index (χ0v) is 11.8. The van der Waals surface area contributed by atoms with E-state index in [1.54, 1.807) is 26.2 Å². The molecule has 2 aromatic rings. The van der Waals surface area contributed by atoms with Gasteiger partial charge in [0, 0.05) is 42.1 Å². The SMILES string of the molecule is CCn1c(-c2ccn(C)c(=O)c2)nnc1S(=O)(=O)Cl. The Labute approximate surface area is 113 Å². The number of halogens is 1. The van der Waals surface area contributed by atoms with Gasteiger partial charge < -0.3 is 4.57 Å². The second-order valence-corrected chi connectivity index (χ2v) is 6.31. The van der Waals surface area contributed by atoms with E-state index in [0.717, 1.165) is 0 Å². The molecule has 0 aliphatic carbocycles. The Morgan fingerprint density at radius 2 is 2.05 bits per heavy atom. The highest BCUT2D eigenvalue weighted by Crippen LogP contribution is 2.21. The predicted molar refractivity (Wildman–Crippen MR) is 69.4 cm³/mol. The summed E-state index contributed by atoms with van der Waals surface area (Å²) in [6, 6.07) is 3.02. The number of rotatable bonds is 3. The smallest absolute Gasteiger partial charge is 0.296 e. The highest BCUT2D eigenvalue weighted by atomic mass is 35.7. The fourth-order valence-corrected chi connectivity index (χ4v) is 2.61. The van der Waals surface area contributed by atoms with E-state index in [9.17, 15) is 13.2 Å². The lowest BCUT2D eigenvalue weighted by atomic mass is 10.2. The van der Waals surface area contributed by atoms with Crippen molar-refractivity contribution in [3.63, 3.8) is 0 Å². The molecule has 0 spiro atoms. The van der Waals surface area contributed by atoms with Gasteiger partial charge in [-0.25, -0.2) is 8.42 Å². The zero-order valence-electron chi connectivity index (χ0n) is 10.2. The van der Waals surface area contributed by atoms with E-state index in [2.05, 4.69) is 10.2 Å². The van der Waals surface area contributed by atoms with Crippen molar-refractivity contribution in [2.45, 2.75) is 18.6 Å². The fraction of sp³-hybridized carbons (Fsp3) is 0.300. The molecule has 7 nitrogen and oxygen atoms in total. The molecule has 9 heteroatoms. The summed E-state index contributed by atoms with van der Waals surface area (Å²) in [7, 11) is 2.93. The van der Waals surface area contributed by atoms with Crippen molar-refractivity contribution >= 4 is 19.7 Å². The van der Waals surface area contributed by atoms with Gasteiger partial charge in [0.15, 0.2) is 5.82 Å². The van der Waals surface area contributed by atoms with Crippen LogP contribution in [0, 0.1) is 0 Å². The third-order valence-electron chi connectivity index (χ3n) is 2.61. The molecule has 0 saturated carbocycles. The summed E-state index contributed by atoms with van der Waals surface area (Å²) < 4.78 is 25.5. The van der Waals surface area contributed by atoms with Crippen molar-refractivity contribution in [3.05, 3.63) is 28.7 Å². The van der Waals surface area contributed by atoms with Gasteiger partial charge in [0.1, 0.15) is 0 Å². The quantitative estimate of drug-likeness (QED) is 0.775. The lowest BCUT2D eigenvalue weighted by molar-refractivity contribution is 0.582. The van der Waals surface area contributed by atoms with Gasteiger partial charge in [0.25, 0.3) is 19.8 Å². The van der Waals surface area contributed by atoms with Crippen LogP contribution in [0.4, 0.5) is 0 Å². The maximum atomic E-state index is 11.6. The predicted octanol–water partition coefficient (Wildman–Crippen LogP) is 0.591. The minimum Gasteiger partial charge on any atom is -0.319 e. The number of hydrogen-bond donors (Lipinski definition) is 0. The monoisotopic (exact) mass is 302 g/mol. The highest BCUT2D eigenvalue weighted by molar-refractivity contribution is 8.13. The molecule has 2 heterocycles. The Balaban J connectivity index is 2.67. The van der Waals surface area contributed by atoms with Crippen LogP contribution in [0.3, 0.4) is 0 Å². The van der Waals surface area contributed by atoms with E-state index < -0.39 is 9.05 Å². The first kappa shape index (κ1) is 13.8. The average molecular weight is 303 g/mol. The molecular weight excluding hydrogens is 292 g/mol. The van der Waals surface area contributed by atoms with Gasteiger partial charge in [-0.3, -0.25) is 9.36 Å². The molecular formula is C10H11ClN4O3S. The van der Waals surface area contributed by atoms with Crippen LogP contribution in [0.15, 0.2) is 28.3 Å². The van der Waals surface area contributed by atoms with Gasteiger partial charge in [-0.1, -0.05) is 0 Å². The van der Waals surface area contributed by atoms with Gasteiger partial charge in [-0.15, -0.1) is 10.2 Å². The molecule has 0 aliphatic rings. The molecule has 0 aliphatic heterocycles. The van der Waals surface area contributed by atoms with Crippen LogP contribution in [0.2, 0.25) is 0 Å². The van der Waals surface area contributed by atoms with Gasteiger partial charge in [-0.2, -0.15) is 0 Å². The molecule has 0 radical (unpaired) electrons. The molecule has 0 N–H and O–H groups in total. The van der Waals surface area contributed by atoms with Crippen LogP contribution in [0.25, 0.3) is 11.4 Å². The van der Waals surface area contributed by atoms with Crippen LogP contribution in [-0.4, -0.2) is 27.7 Å². The first-order valence-corrected chi connectivity index (χ1v) is 7.70. The van der Waals surface area contributed by atoms with Gasteiger partial charge in [-0.05, 0) is 13.0 Å². The Hall–Kier alpha value is -1.67. The number of aryl methyl sites for hydroxylation is 1. The van der Waals surface area contributed by atoms with E-state index in [4.69, 9.17) is 10.7 Å². The second kappa shape index (κ2) is 4.78. The summed E-state index contributed by atoms with van der Waals surface area (Å²) in [5, 5.41) is 7.04. The van der Waals surface area contributed by atoms with E-state index in [1.807, 2.05) is 0 Å². The Bertz CT molecular complexity index is 778. The second-order valence-electron chi connectivity index (χ2n) is 3.85. The topological polar surface area (TPSA) is 86.8 Å². The Morgan fingerprint density at radius 1 is 1.37 bits per heavy atom. The summed E-state index contributed by atoms with van der Waals surface area (Å²) in [6.45, 7) is 2.05. The minimum absolute atomic E-state index is 0.224. The van der Waals surface area contributed by atoms with Crippen molar-refractivity contribution in [3.8, 4) is 11.4 Å². The standard InChI is InChI=1S/C10H11ClN4O3S/c1-3-15-9(12-13-10(15)19(11,17)18)7-4-5-14(2)8(16)6-7/h4-6H,3H2,1-2H3. The molecule has 0 atom stereocenters. The normalized spacial score (nSPS) is 11.7. The first-order valence-electron chi connectivity index (χ1n) is 5.39. The lowest BCUT2D eigenvalue weighted by Crippen LogP contribution is -2.15. The summed E-state index contributed by atoms with van der Waals surface area (Å²) in [4.78, 5) is 11.6. The summed E-state index contributed by atoms with van der Waals surface area (Å²) in [5.41, 5.74) is 0.266. The summed E-state index contributed by atoms with van der Waals surface area (Å²) >= 11 is 0. The van der Waals surface area contributed by atoms with Crippen molar-refractivity contribution in [1.29, 1.82) is 0 Å². The molecule has 0 aromatic carbocycles. The van der Waals surface area contributed by atoms with Gasteiger partial charge in [0.2, 0.25) is 0 Å². The maximum Gasteiger partial charge on any atom is 0.296 e. The van der Waals surface area contributed by atoms with Crippen molar-refractivity contribution in [2.24, 2.45) is 7.05 Å². The summed E-state index contributed by atoms with van der Waals surface area (Å²) in [6.07, 6.45) is 1.57. The zero-order chi connectivity index (χ0) is 14.2. The number of aromatic nitrogens is 4. The average Bonchev–Trinajstić information content (AvgIpc) is 2.76. The molecule has 0 fully saturated rings. The largest absolute Gasteiger partial charge is 0.319 e. The van der Waals surface area contributed by atoms with Crippen molar-refractivity contribution in [1.82, 2.24) is 19.3 Å². The maximum absolute atomic E-state index is 11.6. The number of hydrogen-bond acceptors (Lipinski definition) is 5. The molecule has 0 unspecified atom stereocenters. The molecule has 2 aromatic heterocycles. The Morgan fingerprint density at radius 3 is 2.58 bits per heavy atom. The molecule has 0 bridgehead atoms. The molecule has 0 saturated heterocycles. The summed E-state index contributed by atoms with van der Waals surface area (Å²) in [5.74, 6) is 0.291. The molecule has 0 amide bonds. The van der Waals surface area contributed by atoms with E-state index in [-0.39, 0.29) is 10.7 Å². The van der Waals surface area contributed by atoms with Crippen molar-refractivity contribution in [2.75, 3.05) is 0 Å². The number of nitrogens with zero attached hydrogens (tertiary/aromatic N) is 4. The molecule has 102 valence electrons. The molecule has 19 heavy (non-hydrogen) atoms. The van der Waals surface area contributed by atoms with Gasteiger partial charge in [0.05, 0.1) is 0 Å². The third-order valence-corrected chi connectivity index (χ3v) is 3.77. The van der Waals surface area contributed by atoms with Crippen molar-refractivity contribution < 1.29 is 8.42 Å². The van der Waals surface area contributed by atoms with Gasteiger partial charge >= 0.3 is 0 Å². The minimum atomic E-state index is -3.97. The lowest BCUT2D eigenvalue weighted by Gasteiger charge is -2.05.